The highest BCUT2D eigenvalue weighted by Crippen LogP contribution is 2.42. The van der Waals surface area contributed by atoms with E-state index in [1.807, 2.05) is 24.4 Å². The average Bonchev–Trinajstić information content (AvgIpc) is 3.35. The number of H-pyrrole nitrogens is 1. The van der Waals surface area contributed by atoms with E-state index in [1.54, 1.807) is 6.20 Å². The molecule has 2 fully saturated rings. The number of benzene rings is 1. The summed E-state index contributed by atoms with van der Waals surface area (Å²) in [5.41, 5.74) is 9.89. The quantitative estimate of drug-likeness (QED) is 0.555. The number of piperidine rings is 1. The molecule has 0 aliphatic carbocycles. The van der Waals surface area contributed by atoms with E-state index in [2.05, 4.69) is 22.9 Å². The van der Waals surface area contributed by atoms with E-state index in [4.69, 9.17) is 20.4 Å². The van der Waals surface area contributed by atoms with Gasteiger partial charge in [-0.1, -0.05) is 18.2 Å². The van der Waals surface area contributed by atoms with Crippen LogP contribution >= 0.6 is 27.0 Å². The third-order valence-electron chi connectivity index (χ3n) is 6.74. The number of hydrogen-bond donors (Lipinski definition) is 3. The zero-order valence-corrected chi connectivity index (χ0v) is 19.6. The van der Waals surface area contributed by atoms with Crippen molar-refractivity contribution in [1.29, 1.82) is 0 Å². The standard InChI is InChI=1S/C22H27N5O2.2H2S/c1-14-20(23)22(13-29-14)6-9-27(10-7-22)21-18(12-28)26-17(11-25-21)16-4-2-3-15-5-8-24-19(15)16;;/h2-5,8,11,14,20,24,28H,6-7,9-10,12-13,23H2,1H3;2*1H2/t14-,20+;;/m0../s1. The Morgan fingerprint density at radius 2 is 2.03 bits per heavy atom. The second kappa shape index (κ2) is 9.38. The van der Waals surface area contributed by atoms with Gasteiger partial charge in [-0.15, -0.1) is 0 Å². The van der Waals surface area contributed by atoms with Gasteiger partial charge in [0.05, 0.1) is 36.7 Å². The van der Waals surface area contributed by atoms with Crippen LogP contribution in [0, 0.1) is 5.41 Å². The van der Waals surface area contributed by atoms with E-state index in [0.717, 1.165) is 60.5 Å². The van der Waals surface area contributed by atoms with Crippen molar-refractivity contribution in [2.24, 2.45) is 11.1 Å². The maximum Gasteiger partial charge on any atom is 0.152 e. The number of ether oxygens (including phenoxy) is 1. The summed E-state index contributed by atoms with van der Waals surface area (Å²) in [6.45, 7) is 4.34. The van der Waals surface area contributed by atoms with Crippen LogP contribution in [0.5, 0.6) is 0 Å². The molecule has 7 nitrogen and oxygen atoms in total. The zero-order valence-electron chi connectivity index (χ0n) is 17.6. The van der Waals surface area contributed by atoms with Crippen molar-refractivity contribution >= 4 is 43.7 Å². The van der Waals surface area contributed by atoms with Crippen molar-refractivity contribution in [3.8, 4) is 11.3 Å². The lowest BCUT2D eigenvalue weighted by Crippen LogP contribution is -2.51. The first kappa shape index (κ1) is 23.9. The SMILES string of the molecule is C[C@@H]1OCC2(CCN(c3ncc(-c4cccc5cc[nH]c45)nc3CO)CC2)[C@@H]1N.S.S. The second-order valence-electron chi connectivity index (χ2n) is 8.32. The van der Waals surface area contributed by atoms with Gasteiger partial charge in [0, 0.05) is 41.7 Å². The zero-order chi connectivity index (χ0) is 20.0. The van der Waals surface area contributed by atoms with Crippen molar-refractivity contribution in [3.63, 3.8) is 0 Å². The third kappa shape index (κ3) is 4.05. The minimum atomic E-state index is -0.141. The van der Waals surface area contributed by atoms with Gasteiger partial charge in [-0.3, -0.25) is 0 Å². The lowest BCUT2D eigenvalue weighted by molar-refractivity contribution is 0.0973. The molecule has 0 saturated carbocycles. The minimum absolute atomic E-state index is 0. The molecular weight excluding hydrogens is 430 g/mol. The maximum atomic E-state index is 10.00. The van der Waals surface area contributed by atoms with Crippen LogP contribution in [0.4, 0.5) is 5.82 Å². The molecule has 0 unspecified atom stereocenters. The van der Waals surface area contributed by atoms with Gasteiger partial charge in [-0.05, 0) is 25.8 Å². The smallest absolute Gasteiger partial charge is 0.152 e. The van der Waals surface area contributed by atoms with Gasteiger partial charge in [-0.2, -0.15) is 27.0 Å². The van der Waals surface area contributed by atoms with Gasteiger partial charge in [0.1, 0.15) is 5.69 Å². The van der Waals surface area contributed by atoms with Gasteiger partial charge >= 0.3 is 0 Å². The molecule has 5 rings (SSSR count). The Labute approximate surface area is 196 Å². The molecule has 2 aliphatic rings. The topological polar surface area (TPSA) is 100 Å². The summed E-state index contributed by atoms with van der Waals surface area (Å²) in [6.07, 6.45) is 5.78. The van der Waals surface area contributed by atoms with Crippen LogP contribution < -0.4 is 10.6 Å². The highest BCUT2D eigenvalue weighted by atomic mass is 32.1. The molecule has 3 aromatic rings. The summed E-state index contributed by atoms with van der Waals surface area (Å²) < 4.78 is 5.82. The molecule has 2 aliphatic heterocycles. The van der Waals surface area contributed by atoms with Crippen molar-refractivity contribution in [2.75, 3.05) is 24.6 Å². The summed E-state index contributed by atoms with van der Waals surface area (Å²) in [6, 6.07) is 8.22. The fraction of sp³-hybridized carbons (Fsp3) is 0.455. The molecule has 31 heavy (non-hydrogen) atoms. The Kier molecular flexibility index (Phi) is 7.22. The Bertz CT molecular complexity index is 1040. The number of para-hydroxylation sites is 1. The molecule has 2 atom stereocenters. The molecule has 9 heteroatoms. The Balaban J connectivity index is 0.00000136. The Morgan fingerprint density at radius 1 is 1.26 bits per heavy atom. The fourth-order valence-corrected chi connectivity index (χ4v) is 4.86. The number of aliphatic hydroxyl groups excluding tert-OH is 1. The number of nitrogens with one attached hydrogen (secondary N) is 1. The highest BCUT2D eigenvalue weighted by molar-refractivity contribution is 7.59. The van der Waals surface area contributed by atoms with Gasteiger partial charge in [0.15, 0.2) is 5.82 Å². The molecule has 1 spiro atoms. The summed E-state index contributed by atoms with van der Waals surface area (Å²) in [7, 11) is 0. The first-order chi connectivity index (χ1) is 14.1. The first-order valence-electron chi connectivity index (χ1n) is 10.3. The number of nitrogens with zero attached hydrogens (tertiary/aromatic N) is 3. The summed E-state index contributed by atoms with van der Waals surface area (Å²) in [5, 5.41) is 11.1. The maximum absolute atomic E-state index is 10.00. The van der Waals surface area contributed by atoms with Crippen LogP contribution in [0.25, 0.3) is 22.2 Å². The van der Waals surface area contributed by atoms with Crippen molar-refractivity contribution in [1.82, 2.24) is 15.0 Å². The molecule has 0 bridgehead atoms. The van der Waals surface area contributed by atoms with Crippen LogP contribution in [-0.4, -0.2) is 51.9 Å². The highest BCUT2D eigenvalue weighted by Gasteiger charge is 2.47. The van der Waals surface area contributed by atoms with Gasteiger partial charge in [0.2, 0.25) is 0 Å². The number of anilines is 1. The van der Waals surface area contributed by atoms with E-state index in [9.17, 15) is 5.11 Å². The minimum Gasteiger partial charge on any atom is -0.390 e. The summed E-state index contributed by atoms with van der Waals surface area (Å²) >= 11 is 0. The molecule has 0 radical (unpaired) electrons. The Hall–Kier alpha value is -1.78. The van der Waals surface area contributed by atoms with E-state index < -0.39 is 0 Å². The molecular formula is C22H31N5O2S2. The largest absolute Gasteiger partial charge is 0.390 e. The number of aliphatic hydroxyl groups is 1. The van der Waals surface area contributed by atoms with Crippen LogP contribution in [0.15, 0.2) is 36.7 Å². The number of aromatic amines is 1. The summed E-state index contributed by atoms with van der Waals surface area (Å²) in [4.78, 5) is 15.0. The average molecular weight is 462 g/mol. The second-order valence-corrected chi connectivity index (χ2v) is 8.32. The fourth-order valence-electron chi connectivity index (χ4n) is 4.86. The number of nitrogens with two attached hydrogens (primary N) is 1. The lowest BCUT2D eigenvalue weighted by atomic mass is 9.73. The van der Waals surface area contributed by atoms with Gasteiger partial charge in [-0.25, -0.2) is 9.97 Å². The van der Waals surface area contributed by atoms with E-state index in [1.165, 1.54) is 0 Å². The molecule has 4 N–H and O–H groups in total. The normalized spacial score (nSPS) is 22.4. The number of aromatic nitrogens is 3. The van der Waals surface area contributed by atoms with Crippen LogP contribution in [0.1, 0.15) is 25.5 Å². The molecule has 2 aromatic heterocycles. The van der Waals surface area contributed by atoms with Gasteiger partial charge in [0.25, 0.3) is 0 Å². The first-order valence-corrected chi connectivity index (χ1v) is 10.3. The van der Waals surface area contributed by atoms with E-state index in [-0.39, 0.29) is 51.2 Å². The van der Waals surface area contributed by atoms with Crippen LogP contribution in [0.3, 0.4) is 0 Å². The Morgan fingerprint density at radius 3 is 2.71 bits per heavy atom. The van der Waals surface area contributed by atoms with Crippen LogP contribution in [0.2, 0.25) is 0 Å². The summed E-state index contributed by atoms with van der Waals surface area (Å²) in [5.74, 6) is 0.769. The lowest BCUT2D eigenvalue weighted by Gasteiger charge is -2.41. The number of fused-ring (bicyclic) bond motifs is 1. The third-order valence-corrected chi connectivity index (χ3v) is 6.74. The van der Waals surface area contributed by atoms with E-state index in [0.29, 0.717) is 5.69 Å². The molecule has 0 amide bonds. The van der Waals surface area contributed by atoms with Crippen LogP contribution in [-0.2, 0) is 11.3 Å². The van der Waals surface area contributed by atoms with Crippen molar-refractivity contribution < 1.29 is 9.84 Å². The number of hydrogen-bond acceptors (Lipinski definition) is 6. The van der Waals surface area contributed by atoms with Crippen molar-refractivity contribution in [3.05, 3.63) is 42.4 Å². The van der Waals surface area contributed by atoms with E-state index >= 15 is 0 Å². The van der Waals surface area contributed by atoms with Gasteiger partial charge < -0.3 is 25.5 Å². The molecule has 168 valence electrons. The molecule has 4 heterocycles. The molecule has 2 saturated heterocycles. The monoisotopic (exact) mass is 461 g/mol. The van der Waals surface area contributed by atoms with Crippen molar-refractivity contribution in [2.45, 2.75) is 38.5 Å². The predicted molar refractivity (Wildman–Crippen MR) is 133 cm³/mol. The number of rotatable bonds is 3. The predicted octanol–water partition coefficient (Wildman–Crippen LogP) is 2.68. The molecule has 1 aromatic carbocycles.